The second-order valence-corrected chi connectivity index (χ2v) is 7.59. The van der Waals surface area contributed by atoms with E-state index in [0.717, 1.165) is 10.3 Å². The molecule has 0 saturated carbocycles. The first-order valence-corrected chi connectivity index (χ1v) is 9.93. The first kappa shape index (κ1) is 19.3. The third kappa shape index (κ3) is 3.42. The summed E-state index contributed by atoms with van der Waals surface area (Å²) in [4.78, 5) is 41.8. The summed E-state index contributed by atoms with van der Waals surface area (Å²) >= 11 is 6.25. The van der Waals surface area contributed by atoms with Crippen LogP contribution in [0, 0.1) is 11.3 Å². The standard InChI is InChI=1S/C20H20ClN5O3/c21-15-4-1-2-5-17(15)23-8-10-24(11-9-23)18(27)13-26-19(28)14(12-22)16-6-3-7-25(16)20(26)29/h1-2,4-5H,3,6-11,13H2. The normalized spacial score (nSPS) is 15.9. The number of nitriles is 1. The molecular weight excluding hydrogens is 394 g/mol. The molecule has 0 bridgehead atoms. The van der Waals surface area contributed by atoms with E-state index in [-0.39, 0.29) is 18.0 Å². The van der Waals surface area contributed by atoms with Crippen molar-refractivity contribution in [1.82, 2.24) is 14.0 Å². The van der Waals surface area contributed by atoms with E-state index < -0.39 is 11.2 Å². The predicted molar refractivity (Wildman–Crippen MR) is 108 cm³/mol. The van der Waals surface area contributed by atoms with Crippen LogP contribution in [0.15, 0.2) is 33.9 Å². The zero-order chi connectivity index (χ0) is 20.5. The average molecular weight is 414 g/mol. The number of hydrogen-bond acceptors (Lipinski definition) is 5. The fraction of sp³-hybridized carbons (Fsp3) is 0.400. The van der Waals surface area contributed by atoms with E-state index in [2.05, 4.69) is 4.90 Å². The van der Waals surface area contributed by atoms with Gasteiger partial charge in [0.15, 0.2) is 0 Å². The Labute approximate surface area is 172 Å². The lowest BCUT2D eigenvalue weighted by Gasteiger charge is -2.36. The number of anilines is 1. The lowest BCUT2D eigenvalue weighted by atomic mass is 10.2. The number of benzene rings is 1. The Morgan fingerprint density at radius 2 is 1.83 bits per heavy atom. The number of aromatic nitrogens is 2. The highest BCUT2D eigenvalue weighted by molar-refractivity contribution is 6.33. The van der Waals surface area contributed by atoms with Gasteiger partial charge in [0.1, 0.15) is 18.2 Å². The number of piperazine rings is 1. The van der Waals surface area contributed by atoms with Crippen molar-refractivity contribution in [2.24, 2.45) is 0 Å². The number of fused-ring (bicyclic) bond motifs is 1. The highest BCUT2D eigenvalue weighted by Crippen LogP contribution is 2.26. The van der Waals surface area contributed by atoms with Crippen LogP contribution in [0.5, 0.6) is 0 Å². The van der Waals surface area contributed by atoms with E-state index >= 15 is 0 Å². The maximum atomic E-state index is 12.8. The summed E-state index contributed by atoms with van der Waals surface area (Å²) in [6, 6.07) is 9.46. The van der Waals surface area contributed by atoms with Gasteiger partial charge in [-0.25, -0.2) is 9.36 Å². The van der Waals surface area contributed by atoms with Crippen LogP contribution in [0.3, 0.4) is 0 Å². The number of nitrogens with zero attached hydrogens (tertiary/aromatic N) is 5. The van der Waals surface area contributed by atoms with Gasteiger partial charge in [0, 0.05) is 38.4 Å². The van der Waals surface area contributed by atoms with E-state index in [4.69, 9.17) is 11.6 Å². The molecular formula is C20H20ClN5O3. The second kappa shape index (κ2) is 7.76. The molecule has 0 aliphatic carbocycles. The van der Waals surface area contributed by atoms with E-state index in [1.165, 1.54) is 4.57 Å². The minimum absolute atomic E-state index is 0.0292. The van der Waals surface area contributed by atoms with Crippen molar-refractivity contribution < 1.29 is 4.79 Å². The van der Waals surface area contributed by atoms with Gasteiger partial charge in [-0.1, -0.05) is 23.7 Å². The van der Waals surface area contributed by atoms with Gasteiger partial charge in [0.2, 0.25) is 5.91 Å². The van der Waals surface area contributed by atoms with Crippen molar-refractivity contribution >= 4 is 23.2 Å². The van der Waals surface area contributed by atoms with Crippen LogP contribution in [0.1, 0.15) is 17.7 Å². The molecule has 1 amide bonds. The van der Waals surface area contributed by atoms with Gasteiger partial charge in [-0.2, -0.15) is 5.26 Å². The van der Waals surface area contributed by atoms with Gasteiger partial charge in [-0.15, -0.1) is 0 Å². The molecule has 3 heterocycles. The first-order chi connectivity index (χ1) is 14.0. The number of hydrogen-bond donors (Lipinski definition) is 0. The summed E-state index contributed by atoms with van der Waals surface area (Å²) in [6.07, 6.45) is 1.25. The Balaban J connectivity index is 1.50. The summed E-state index contributed by atoms with van der Waals surface area (Å²) in [5.74, 6) is -0.301. The van der Waals surface area contributed by atoms with Crippen LogP contribution in [-0.2, 0) is 24.3 Å². The van der Waals surface area contributed by atoms with Crippen LogP contribution in [0.25, 0.3) is 0 Å². The smallest absolute Gasteiger partial charge is 0.331 e. The molecule has 1 fully saturated rings. The molecule has 150 valence electrons. The quantitative estimate of drug-likeness (QED) is 0.743. The van der Waals surface area contributed by atoms with Crippen LogP contribution < -0.4 is 16.1 Å². The zero-order valence-electron chi connectivity index (χ0n) is 15.8. The number of carbonyl (C=O) groups is 1. The summed E-state index contributed by atoms with van der Waals surface area (Å²) in [7, 11) is 0. The third-order valence-electron chi connectivity index (χ3n) is 5.56. The second-order valence-electron chi connectivity index (χ2n) is 7.18. The summed E-state index contributed by atoms with van der Waals surface area (Å²) in [5, 5.41) is 10.0. The molecule has 2 aliphatic rings. The maximum Gasteiger partial charge on any atom is 0.331 e. The van der Waals surface area contributed by atoms with Crippen molar-refractivity contribution in [3.8, 4) is 6.07 Å². The summed E-state index contributed by atoms with van der Waals surface area (Å²) in [5.41, 5.74) is 0.198. The summed E-state index contributed by atoms with van der Waals surface area (Å²) in [6.45, 7) is 2.27. The van der Waals surface area contributed by atoms with E-state index in [0.29, 0.717) is 56.3 Å². The van der Waals surface area contributed by atoms with Gasteiger partial charge in [-0.05, 0) is 25.0 Å². The van der Waals surface area contributed by atoms with Gasteiger partial charge in [0.25, 0.3) is 5.56 Å². The molecule has 2 aromatic rings. The molecule has 0 unspecified atom stereocenters. The van der Waals surface area contributed by atoms with Crippen molar-refractivity contribution in [2.45, 2.75) is 25.9 Å². The Bertz CT molecular complexity index is 1120. The molecule has 0 spiro atoms. The van der Waals surface area contributed by atoms with Crippen LogP contribution >= 0.6 is 11.6 Å². The van der Waals surface area contributed by atoms with Crippen molar-refractivity contribution in [3.05, 3.63) is 61.4 Å². The van der Waals surface area contributed by atoms with Crippen LogP contribution in [0.4, 0.5) is 5.69 Å². The van der Waals surface area contributed by atoms with E-state index in [9.17, 15) is 19.6 Å². The monoisotopic (exact) mass is 413 g/mol. The number of halogens is 1. The third-order valence-corrected chi connectivity index (χ3v) is 5.88. The average Bonchev–Trinajstić information content (AvgIpc) is 3.22. The van der Waals surface area contributed by atoms with Gasteiger partial charge >= 0.3 is 5.69 Å². The number of amides is 1. The Hall–Kier alpha value is -3.05. The zero-order valence-corrected chi connectivity index (χ0v) is 16.6. The lowest BCUT2D eigenvalue weighted by molar-refractivity contribution is -0.132. The molecule has 4 rings (SSSR count). The van der Waals surface area contributed by atoms with Crippen LogP contribution in [0.2, 0.25) is 5.02 Å². The summed E-state index contributed by atoms with van der Waals surface area (Å²) < 4.78 is 2.35. The fourth-order valence-electron chi connectivity index (χ4n) is 4.03. The van der Waals surface area contributed by atoms with Crippen LogP contribution in [-0.4, -0.2) is 46.1 Å². The molecule has 29 heavy (non-hydrogen) atoms. The fourth-order valence-corrected chi connectivity index (χ4v) is 4.28. The first-order valence-electron chi connectivity index (χ1n) is 9.55. The molecule has 1 aromatic heterocycles. The molecule has 0 atom stereocenters. The van der Waals surface area contributed by atoms with Crippen molar-refractivity contribution in [2.75, 3.05) is 31.1 Å². The molecule has 2 aliphatic heterocycles. The topological polar surface area (TPSA) is 91.3 Å². The van der Waals surface area contributed by atoms with E-state index in [1.807, 2.05) is 30.3 Å². The largest absolute Gasteiger partial charge is 0.367 e. The molecule has 1 aromatic carbocycles. The molecule has 9 heteroatoms. The molecule has 0 N–H and O–H groups in total. The Morgan fingerprint density at radius 3 is 2.52 bits per heavy atom. The predicted octanol–water partition coefficient (Wildman–Crippen LogP) is 0.830. The minimum atomic E-state index is -0.672. The lowest BCUT2D eigenvalue weighted by Crippen LogP contribution is -2.52. The molecule has 1 saturated heterocycles. The van der Waals surface area contributed by atoms with Gasteiger partial charge in [-0.3, -0.25) is 14.2 Å². The minimum Gasteiger partial charge on any atom is -0.367 e. The SMILES string of the molecule is N#Cc1c2n(c(=O)n(CC(=O)N3CCN(c4ccccc4Cl)CC3)c1=O)CCC2. The van der Waals surface area contributed by atoms with E-state index in [1.54, 1.807) is 4.90 Å². The van der Waals surface area contributed by atoms with Gasteiger partial charge in [0.05, 0.1) is 10.7 Å². The number of para-hydroxylation sites is 1. The maximum absolute atomic E-state index is 12.8. The molecule has 8 nitrogen and oxygen atoms in total. The van der Waals surface area contributed by atoms with Gasteiger partial charge < -0.3 is 9.80 Å². The number of carbonyl (C=O) groups excluding carboxylic acids is 1. The number of rotatable bonds is 3. The molecule has 0 radical (unpaired) electrons. The highest BCUT2D eigenvalue weighted by Gasteiger charge is 2.26. The van der Waals surface area contributed by atoms with Crippen molar-refractivity contribution in [3.63, 3.8) is 0 Å². The van der Waals surface area contributed by atoms with Crippen molar-refractivity contribution in [1.29, 1.82) is 5.26 Å². The highest BCUT2D eigenvalue weighted by atomic mass is 35.5. The Kier molecular flexibility index (Phi) is 5.16. The Morgan fingerprint density at radius 1 is 1.10 bits per heavy atom.